The molecule has 32 heavy (non-hydrogen) atoms. The molecule has 1 atom stereocenters. The lowest BCUT2D eigenvalue weighted by atomic mass is 9.53. The predicted octanol–water partition coefficient (Wildman–Crippen LogP) is 5.25. The maximum Gasteiger partial charge on any atom is 0.315 e. The normalized spacial score (nSPS) is 32.0. The van der Waals surface area contributed by atoms with Gasteiger partial charge in [-0.15, -0.1) is 11.3 Å². The summed E-state index contributed by atoms with van der Waals surface area (Å²) in [5.41, 5.74) is 2.87. The average Bonchev–Trinajstić information content (AvgIpc) is 3.38. The molecular formula is C26H36N4OS. The van der Waals surface area contributed by atoms with Crippen LogP contribution in [0.3, 0.4) is 0 Å². The van der Waals surface area contributed by atoms with Gasteiger partial charge in [0.1, 0.15) is 5.00 Å². The van der Waals surface area contributed by atoms with E-state index in [9.17, 15) is 4.79 Å². The van der Waals surface area contributed by atoms with Gasteiger partial charge in [0.15, 0.2) is 0 Å². The molecule has 172 valence electrons. The van der Waals surface area contributed by atoms with Gasteiger partial charge in [-0.05, 0) is 93.9 Å². The quantitative estimate of drug-likeness (QED) is 0.651. The summed E-state index contributed by atoms with van der Waals surface area (Å²) in [6.45, 7) is 4.29. The zero-order valence-corrected chi connectivity index (χ0v) is 20.2. The third-order valence-corrected chi connectivity index (χ3v) is 9.83. The number of nitrogens with one attached hydrogen (secondary N) is 2. The fraction of sp³-hybridized carbons (Fsp3) is 0.654. The van der Waals surface area contributed by atoms with Crippen LogP contribution in [0, 0.1) is 17.8 Å². The molecule has 0 unspecified atom stereocenters. The van der Waals surface area contributed by atoms with Crippen molar-refractivity contribution in [2.45, 2.75) is 76.4 Å². The van der Waals surface area contributed by atoms with Crippen molar-refractivity contribution in [2.24, 2.45) is 17.8 Å². The number of rotatable bonds is 5. The molecule has 2 aromatic rings. The van der Waals surface area contributed by atoms with Gasteiger partial charge in [-0.3, -0.25) is 0 Å². The molecule has 7 rings (SSSR count). The second-order valence-electron chi connectivity index (χ2n) is 11.1. The molecule has 0 spiro atoms. The number of hydrogen-bond acceptors (Lipinski definition) is 3. The first-order valence-corrected chi connectivity index (χ1v) is 13.4. The van der Waals surface area contributed by atoms with E-state index in [-0.39, 0.29) is 17.6 Å². The summed E-state index contributed by atoms with van der Waals surface area (Å²) in [4.78, 5) is 17.2. The minimum atomic E-state index is 0.0460. The van der Waals surface area contributed by atoms with E-state index >= 15 is 0 Å². The van der Waals surface area contributed by atoms with Crippen molar-refractivity contribution in [3.63, 3.8) is 0 Å². The van der Waals surface area contributed by atoms with Crippen molar-refractivity contribution in [1.29, 1.82) is 0 Å². The predicted molar refractivity (Wildman–Crippen MR) is 129 cm³/mol. The first kappa shape index (κ1) is 20.8. The summed E-state index contributed by atoms with van der Waals surface area (Å²) in [7, 11) is 2.20. The van der Waals surface area contributed by atoms with Crippen LogP contribution in [0.2, 0.25) is 0 Å². The summed E-state index contributed by atoms with van der Waals surface area (Å²) < 4.78 is 2.24. The van der Waals surface area contributed by atoms with Gasteiger partial charge in [-0.25, -0.2) is 4.79 Å². The van der Waals surface area contributed by atoms with Crippen LogP contribution >= 0.6 is 11.3 Å². The highest BCUT2D eigenvalue weighted by Gasteiger charge is 2.51. The lowest BCUT2D eigenvalue weighted by Gasteiger charge is -2.56. The van der Waals surface area contributed by atoms with E-state index in [4.69, 9.17) is 0 Å². The zero-order valence-electron chi connectivity index (χ0n) is 19.4. The van der Waals surface area contributed by atoms with Crippen LogP contribution in [-0.4, -0.2) is 34.6 Å². The smallest absolute Gasteiger partial charge is 0.315 e. The van der Waals surface area contributed by atoms with Gasteiger partial charge in [0.05, 0.1) is 6.04 Å². The van der Waals surface area contributed by atoms with Gasteiger partial charge in [-0.1, -0.05) is 6.92 Å². The Labute approximate surface area is 195 Å². The van der Waals surface area contributed by atoms with Gasteiger partial charge >= 0.3 is 6.03 Å². The molecule has 4 fully saturated rings. The summed E-state index contributed by atoms with van der Waals surface area (Å²) >= 11 is 1.90. The third-order valence-electron chi connectivity index (χ3n) is 8.59. The number of hydrogen-bond donors (Lipinski definition) is 2. The number of urea groups is 1. The molecule has 4 aliphatic carbocycles. The Morgan fingerprint density at radius 3 is 2.44 bits per heavy atom. The summed E-state index contributed by atoms with van der Waals surface area (Å²) in [5, 5.41) is 8.24. The van der Waals surface area contributed by atoms with Crippen molar-refractivity contribution in [3.8, 4) is 5.00 Å². The highest BCUT2D eigenvalue weighted by Crippen LogP contribution is 2.55. The Bertz CT molecular complexity index is 959. The molecule has 5 aliphatic rings. The van der Waals surface area contributed by atoms with Gasteiger partial charge in [0.25, 0.3) is 0 Å². The number of carbonyl (C=O) groups is 1. The van der Waals surface area contributed by atoms with E-state index in [1.165, 1.54) is 59.5 Å². The molecule has 0 radical (unpaired) electrons. The van der Waals surface area contributed by atoms with Crippen LogP contribution in [0.25, 0.3) is 5.00 Å². The minimum Gasteiger partial charge on any atom is -0.333 e. The first-order valence-electron chi connectivity index (χ1n) is 12.6. The first-order chi connectivity index (χ1) is 15.5. The van der Waals surface area contributed by atoms with E-state index in [1.807, 2.05) is 11.3 Å². The number of thiophene rings is 1. The van der Waals surface area contributed by atoms with Crippen LogP contribution in [-0.2, 0) is 13.0 Å². The highest BCUT2D eigenvalue weighted by atomic mass is 32.1. The average molecular weight is 453 g/mol. The lowest BCUT2D eigenvalue weighted by molar-refractivity contribution is -0.0136. The van der Waals surface area contributed by atoms with Crippen LogP contribution in [0.5, 0.6) is 0 Å². The number of fused-ring (bicyclic) bond motifs is 1. The maximum absolute atomic E-state index is 13.4. The maximum atomic E-state index is 13.4. The molecular weight excluding hydrogens is 416 g/mol. The molecule has 4 bridgehead atoms. The van der Waals surface area contributed by atoms with Crippen LogP contribution in [0.15, 0.2) is 24.5 Å². The van der Waals surface area contributed by atoms with E-state index in [1.54, 1.807) is 0 Å². The number of nitrogens with zero attached hydrogens (tertiary/aromatic N) is 2. The minimum absolute atomic E-state index is 0.0460. The van der Waals surface area contributed by atoms with Crippen molar-refractivity contribution in [3.05, 3.63) is 40.5 Å². The van der Waals surface area contributed by atoms with Crippen LogP contribution in [0.4, 0.5) is 4.79 Å². The van der Waals surface area contributed by atoms with Crippen molar-refractivity contribution in [2.75, 3.05) is 13.6 Å². The summed E-state index contributed by atoms with van der Waals surface area (Å²) in [6.07, 6.45) is 14.0. The molecule has 2 aromatic heterocycles. The van der Waals surface area contributed by atoms with E-state index < -0.39 is 0 Å². The Morgan fingerprint density at radius 2 is 1.81 bits per heavy atom. The van der Waals surface area contributed by atoms with Crippen molar-refractivity contribution in [1.82, 2.24) is 20.1 Å². The fourth-order valence-electron chi connectivity index (χ4n) is 7.64. The van der Waals surface area contributed by atoms with Gasteiger partial charge in [0.2, 0.25) is 0 Å². The fourth-order valence-corrected chi connectivity index (χ4v) is 9.10. The number of likely N-dealkylation sites (N-methyl/N-ethyl adjacent to an activating group) is 1. The van der Waals surface area contributed by atoms with E-state index in [0.717, 1.165) is 43.7 Å². The molecule has 0 aromatic carbocycles. The molecule has 2 N–H and O–H groups in total. The van der Waals surface area contributed by atoms with Crippen molar-refractivity contribution < 1.29 is 4.79 Å². The van der Waals surface area contributed by atoms with Crippen LogP contribution in [0.1, 0.15) is 73.9 Å². The molecule has 4 saturated carbocycles. The molecule has 1 aliphatic heterocycles. The summed E-state index contributed by atoms with van der Waals surface area (Å²) in [6, 6.07) is 4.26. The molecule has 5 nitrogen and oxygen atoms in total. The monoisotopic (exact) mass is 452 g/mol. The second kappa shape index (κ2) is 7.91. The number of aromatic nitrogens is 1. The number of amides is 2. The molecule has 0 saturated heterocycles. The molecule has 6 heteroatoms. The SMILES string of the molecule is CC[C@@H](NC(=O)NC12CC3CC(CC(C3)C1)C2)c1c(-n2cccc2)sc2c1CCN(C)C2. The standard InChI is InChI=1S/C26H36N4OS/c1-3-21(27-25(31)28-26-13-17-10-18(14-26)12-19(11-17)15-26)23-20-6-9-29(2)16-22(20)32-24(23)30-7-4-5-8-30/h4-5,7-8,17-19,21H,3,6,9-16H2,1-2H3,(H2,27,28,31)/t17?,18?,19?,21-,26?/m1/s1. The van der Waals surface area contributed by atoms with Gasteiger partial charge in [-0.2, -0.15) is 0 Å². The molecule has 2 amide bonds. The van der Waals surface area contributed by atoms with Gasteiger partial charge < -0.3 is 20.1 Å². The van der Waals surface area contributed by atoms with E-state index in [0.29, 0.717) is 0 Å². The van der Waals surface area contributed by atoms with Gasteiger partial charge in [0, 0.05) is 41.5 Å². The largest absolute Gasteiger partial charge is 0.333 e. The Kier molecular flexibility index (Phi) is 5.14. The number of carbonyl (C=O) groups excluding carboxylic acids is 1. The Hall–Kier alpha value is -1.79. The molecule has 3 heterocycles. The Balaban J connectivity index is 1.26. The second-order valence-corrected chi connectivity index (χ2v) is 12.1. The topological polar surface area (TPSA) is 49.3 Å². The van der Waals surface area contributed by atoms with Crippen molar-refractivity contribution >= 4 is 17.4 Å². The van der Waals surface area contributed by atoms with E-state index in [2.05, 4.69) is 58.6 Å². The zero-order chi connectivity index (χ0) is 21.9. The summed E-state index contributed by atoms with van der Waals surface area (Å²) in [5.74, 6) is 2.51. The highest BCUT2D eigenvalue weighted by molar-refractivity contribution is 7.15. The Morgan fingerprint density at radius 1 is 1.16 bits per heavy atom. The third kappa shape index (κ3) is 3.60. The van der Waals surface area contributed by atoms with Crippen LogP contribution < -0.4 is 10.6 Å². The lowest BCUT2D eigenvalue weighted by Crippen LogP contribution is -2.61.